The lowest BCUT2D eigenvalue weighted by Crippen LogP contribution is -2.28. The summed E-state index contributed by atoms with van der Waals surface area (Å²) >= 11 is 0. The minimum absolute atomic E-state index is 0.257. The predicted molar refractivity (Wildman–Crippen MR) is 120 cm³/mol. The van der Waals surface area contributed by atoms with Crippen LogP contribution in [0.1, 0.15) is 36.2 Å². The summed E-state index contributed by atoms with van der Waals surface area (Å²) in [5.74, 6) is 1.62. The van der Waals surface area contributed by atoms with Gasteiger partial charge in [0.1, 0.15) is 0 Å². The lowest BCUT2D eigenvalue weighted by molar-refractivity contribution is -0.124. The third kappa shape index (κ3) is 7.37. The van der Waals surface area contributed by atoms with E-state index < -0.39 is 18.5 Å². The number of nitrogens with one attached hydrogen (secondary N) is 1. The van der Waals surface area contributed by atoms with E-state index in [0.717, 1.165) is 12.0 Å². The first-order valence-electron chi connectivity index (χ1n) is 10.3. The molecule has 1 N–H and O–H groups in total. The van der Waals surface area contributed by atoms with E-state index in [9.17, 15) is 9.59 Å². The summed E-state index contributed by atoms with van der Waals surface area (Å²) in [5.41, 5.74) is 1.09. The molecule has 0 aliphatic carbocycles. The third-order valence-corrected chi connectivity index (χ3v) is 4.62. The zero-order valence-electron chi connectivity index (χ0n) is 19.2. The molecular formula is C24H31NO7. The first-order chi connectivity index (χ1) is 15.4. The molecule has 0 radical (unpaired) electrons. The van der Waals surface area contributed by atoms with Gasteiger partial charge in [0.2, 0.25) is 0 Å². The van der Waals surface area contributed by atoms with Gasteiger partial charge in [0, 0.05) is 6.54 Å². The molecule has 1 amide bonds. The Morgan fingerprint density at radius 2 is 1.53 bits per heavy atom. The summed E-state index contributed by atoms with van der Waals surface area (Å²) in [6.45, 7) is 4.64. The van der Waals surface area contributed by atoms with Crippen LogP contribution >= 0.6 is 0 Å². The number of hydrogen-bond acceptors (Lipinski definition) is 7. The fourth-order valence-electron chi connectivity index (χ4n) is 2.78. The smallest absolute Gasteiger partial charge is 0.338 e. The van der Waals surface area contributed by atoms with Crippen molar-refractivity contribution >= 4 is 11.9 Å². The summed E-state index contributed by atoms with van der Waals surface area (Å²) in [7, 11) is 4.59. The van der Waals surface area contributed by atoms with Gasteiger partial charge in [-0.3, -0.25) is 4.79 Å². The number of benzene rings is 2. The Morgan fingerprint density at radius 1 is 0.875 bits per heavy atom. The summed E-state index contributed by atoms with van der Waals surface area (Å²) in [6, 6.07) is 10.1. The molecule has 0 bridgehead atoms. The summed E-state index contributed by atoms with van der Waals surface area (Å²) < 4.78 is 26.6. The quantitative estimate of drug-likeness (QED) is 0.499. The van der Waals surface area contributed by atoms with E-state index in [1.165, 1.54) is 13.2 Å². The number of carbonyl (C=O) groups excluding carboxylic acids is 2. The van der Waals surface area contributed by atoms with Crippen LogP contribution in [0.25, 0.3) is 0 Å². The van der Waals surface area contributed by atoms with E-state index in [0.29, 0.717) is 35.5 Å². The minimum Gasteiger partial charge on any atom is -0.493 e. The van der Waals surface area contributed by atoms with Crippen LogP contribution < -0.4 is 24.3 Å². The van der Waals surface area contributed by atoms with Crippen LogP contribution in [0.4, 0.5) is 0 Å². The van der Waals surface area contributed by atoms with Crippen molar-refractivity contribution in [3.05, 3.63) is 47.5 Å². The first-order valence-corrected chi connectivity index (χ1v) is 10.3. The first kappa shape index (κ1) is 24.8. The summed E-state index contributed by atoms with van der Waals surface area (Å²) in [6.07, 6.45) is 0.908. The van der Waals surface area contributed by atoms with Crippen molar-refractivity contribution in [2.45, 2.75) is 26.8 Å². The van der Waals surface area contributed by atoms with Gasteiger partial charge in [-0.15, -0.1) is 0 Å². The van der Waals surface area contributed by atoms with Crippen molar-refractivity contribution in [3.8, 4) is 23.0 Å². The molecule has 2 aromatic carbocycles. The van der Waals surface area contributed by atoms with Gasteiger partial charge in [-0.05, 0) is 48.2 Å². The highest BCUT2D eigenvalue weighted by atomic mass is 16.5. The Hall–Kier alpha value is -3.42. The standard InChI is InChI=1S/C24H31NO7/c1-16(2)10-11-31-20-9-7-18(13-22(20)30-5)24(27)32-15-23(26)25-14-17-6-8-19(28-3)21(12-17)29-4/h6-9,12-13,16H,10-11,14-15H2,1-5H3,(H,25,26). The maximum Gasteiger partial charge on any atom is 0.338 e. The largest absolute Gasteiger partial charge is 0.493 e. The highest BCUT2D eigenvalue weighted by molar-refractivity contribution is 5.92. The Balaban J connectivity index is 1.86. The van der Waals surface area contributed by atoms with Crippen molar-refractivity contribution < 1.29 is 33.3 Å². The number of amides is 1. The average molecular weight is 446 g/mol. The molecule has 0 aliphatic rings. The Labute approximate surface area is 188 Å². The second-order valence-electron chi connectivity index (χ2n) is 7.44. The molecule has 32 heavy (non-hydrogen) atoms. The zero-order valence-corrected chi connectivity index (χ0v) is 19.2. The monoisotopic (exact) mass is 445 g/mol. The van der Waals surface area contributed by atoms with Crippen LogP contribution in [-0.4, -0.2) is 46.4 Å². The summed E-state index contributed by atoms with van der Waals surface area (Å²) in [5, 5.41) is 2.70. The van der Waals surface area contributed by atoms with Crippen LogP contribution in [0.3, 0.4) is 0 Å². The number of hydrogen-bond donors (Lipinski definition) is 1. The van der Waals surface area contributed by atoms with Gasteiger partial charge in [-0.1, -0.05) is 19.9 Å². The van der Waals surface area contributed by atoms with Gasteiger partial charge < -0.3 is 29.0 Å². The molecule has 0 aromatic heterocycles. The van der Waals surface area contributed by atoms with Gasteiger partial charge >= 0.3 is 5.97 Å². The van der Waals surface area contributed by atoms with E-state index in [1.54, 1.807) is 38.5 Å². The van der Waals surface area contributed by atoms with Crippen LogP contribution in [0, 0.1) is 5.92 Å². The Kier molecular flexibility index (Phi) is 9.66. The number of methoxy groups -OCH3 is 3. The second kappa shape index (κ2) is 12.4. The topological polar surface area (TPSA) is 92.3 Å². The SMILES string of the molecule is COc1ccc(CNC(=O)COC(=O)c2ccc(OCCC(C)C)c(OC)c2)cc1OC. The zero-order chi connectivity index (χ0) is 23.5. The van der Waals surface area contributed by atoms with Gasteiger partial charge in [-0.2, -0.15) is 0 Å². The molecule has 0 aliphatic heterocycles. The van der Waals surface area contributed by atoms with Gasteiger partial charge in [0.05, 0.1) is 33.5 Å². The Bertz CT molecular complexity index is 911. The molecule has 0 fully saturated rings. The van der Waals surface area contributed by atoms with Crippen LogP contribution in [-0.2, 0) is 16.1 Å². The van der Waals surface area contributed by atoms with Crippen molar-refractivity contribution in [1.82, 2.24) is 5.32 Å². The van der Waals surface area contributed by atoms with Crippen LogP contribution in [0.15, 0.2) is 36.4 Å². The highest BCUT2D eigenvalue weighted by Crippen LogP contribution is 2.29. The maximum absolute atomic E-state index is 12.3. The molecule has 0 unspecified atom stereocenters. The third-order valence-electron chi connectivity index (χ3n) is 4.62. The molecule has 2 rings (SSSR count). The Morgan fingerprint density at radius 3 is 2.19 bits per heavy atom. The fraction of sp³-hybridized carbons (Fsp3) is 0.417. The molecule has 2 aromatic rings. The van der Waals surface area contributed by atoms with Crippen LogP contribution in [0.2, 0.25) is 0 Å². The molecule has 0 heterocycles. The fourth-order valence-corrected chi connectivity index (χ4v) is 2.78. The molecule has 0 saturated carbocycles. The molecule has 0 saturated heterocycles. The van der Waals surface area contributed by atoms with Crippen molar-refractivity contribution in [3.63, 3.8) is 0 Å². The van der Waals surface area contributed by atoms with Gasteiger partial charge in [0.15, 0.2) is 29.6 Å². The molecule has 0 atom stereocenters. The van der Waals surface area contributed by atoms with Crippen molar-refractivity contribution in [2.24, 2.45) is 5.92 Å². The number of carbonyl (C=O) groups is 2. The molecule has 8 heteroatoms. The van der Waals surface area contributed by atoms with E-state index >= 15 is 0 Å². The lowest BCUT2D eigenvalue weighted by Gasteiger charge is -2.13. The van der Waals surface area contributed by atoms with E-state index in [-0.39, 0.29) is 12.1 Å². The van der Waals surface area contributed by atoms with E-state index in [2.05, 4.69) is 19.2 Å². The lowest BCUT2D eigenvalue weighted by atomic mass is 10.1. The van der Waals surface area contributed by atoms with E-state index in [4.69, 9.17) is 23.7 Å². The second-order valence-corrected chi connectivity index (χ2v) is 7.44. The predicted octanol–water partition coefficient (Wildman–Crippen LogP) is 3.61. The van der Waals surface area contributed by atoms with Crippen molar-refractivity contribution in [2.75, 3.05) is 34.5 Å². The maximum atomic E-state index is 12.3. The van der Waals surface area contributed by atoms with Crippen LogP contribution in [0.5, 0.6) is 23.0 Å². The highest BCUT2D eigenvalue weighted by Gasteiger charge is 2.14. The molecule has 174 valence electrons. The number of esters is 1. The van der Waals surface area contributed by atoms with E-state index in [1.807, 2.05) is 6.07 Å². The minimum atomic E-state index is -0.627. The molecule has 0 spiro atoms. The van der Waals surface area contributed by atoms with Gasteiger partial charge in [-0.25, -0.2) is 4.79 Å². The molecular weight excluding hydrogens is 414 g/mol. The van der Waals surface area contributed by atoms with Crippen molar-refractivity contribution in [1.29, 1.82) is 0 Å². The average Bonchev–Trinajstić information content (AvgIpc) is 2.80. The normalized spacial score (nSPS) is 10.4. The number of ether oxygens (including phenoxy) is 5. The molecule has 8 nitrogen and oxygen atoms in total. The number of rotatable bonds is 12. The van der Waals surface area contributed by atoms with Gasteiger partial charge in [0.25, 0.3) is 5.91 Å². The summed E-state index contributed by atoms with van der Waals surface area (Å²) in [4.78, 5) is 24.4.